The molecule has 0 aliphatic heterocycles. The molecule has 0 saturated heterocycles. The molecule has 0 aromatic heterocycles. The molecular weight excluding hydrogens is 304 g/mol. The molecule has 0 radical (unpaired) electrons. The van der Waals surface area contributed by atoms with Gasteiger partial charge in [0.05, 0.1) is 5.75 Å². The van der Waals surface area contributed by atoms with Crippen LogP contribution in [0.15, 0.2) is 47.3 Å². The average Bonchev–Trinajstić information content (AvgIpc) is 2.35. The Bertz CT molecular complexity index is 322. The Hall–Kier alpha value is -0.0300. The van der Waals surface area contributed by atoms with Crippen LogP contribution in [-0.2, 0) is 4.79 Å². The number of hydrogen-bond donors (Lipinski definition) is 2. The zero-order valence-electron chi connectivity index (χ0n) is 10.4. The molecule has 0 unspecified atom stereocenters. The number of hydrogen-bond acceptors (Lipinski definition) is 4. The van der Waals surface area contributed by atoms with Crippen molar-refractivity contribution in [3.05, 3.63) is 47.3 Å². The first-order valence-corrected chi connectivity index (χ1v) is 7.78. The number of carbonyl (C=O) groups is 1. The summed E-state index contributed by atoms with van der Waals surface area (Å²) in [4.78, 5) is 10.3. The molecule has 18 heavy (non-hydrogen) atoms. The van der Waals surface area contributed by atoms with Crippen LogP contribution in [0.1, 0.15) is 13.3 Å². The Morgan fingerprint density at radius 1 is 1.39 bits per heavy atom. The van der Waals surface area contributed by atoms with Gasteiger partial charge in [-0.3, -0.25) is 4.79 Å². The van der Waals surface area contributed by atoms with Gasteiger partial charge in [-0.15, -0.1) is 11.8 Å². The molecule has 1 nitrogen and oxygen atoms in total. The minimum absolute atomic E-state index is 0.322. The highest BCUT2D eigenvalue weighted by atomic mass is 35.5. The van der Waals surface area contributed by atoms with Crippen LogP contribution in [0.2, 0.25) is 0 Å². The number of thioether (sulfide) groups is 1. The van der Waals surface area contributed by atoms with E-state index >= 15 is 0 Å². The lowest BCUT2D eigenvalue weighted by atomic mass is 10.2. The predicted octanol–water partition coefficient (Wildman–Crippen LogP) is 4.88. The molecule has 0 spiro atoms. The molecule has 0 aromatic carbocycles. The molecule has 5 heteroatoms. The quantitative estimate of drug-likeness (QED) is 0.395. The molecule has 0 N–H and O–H groups in total. The average molecular weight is 323 g/mol. The molecule has 0 bridgehead atoms. The van der Waals surface area contributed by atoms with E-state index in [1.807, 2.05) is 6.08 Å². The maximum atomic E-state index is 10.3. The van der Waals surface area contributed by atoms with Gasteiger partial charge in [0.25, 0.3) is 0 Å². The number of halogens is 1. The first kappa shape index (κ1) is 20.3. The van der Waals surface area contributed by atoms with Crippen molar-refractivity contribution in [2.24, 2.45) is 0 Å². The SMILES string of the molecule is C=C(/C=C\S)CC.C=C/C(=C\S)CSCC(=O)Cl. The van der Waals surface area contributed by atoms with Crippen molar-refractivity contribution in [2.45, 2.75) is 13.3 Å². The van der Waals surface area contributed by atoms with Gasteiger partial charge in [0.1, 0.15) is 0 Å². The Morgan fingerprint density at radius 2 is 2.00 bits per heavy atom. The number of allylic oxidation sites excluding steroid dienone is 3. The summed E-state index contributed by atoms with van der Waals surface area (Å²) in [6, 6.07) is 0. The van der Waals surface area contributed by atoms with E-state index in [0.717, 1.165) is 23.3 Å². The fourth-order valence-electron chi connectivity index (χ4n) is 0.621. The van der Waals surface area contributed by atoms with Crippen molar-refractivity contribution in [3.8, 4) is 0 Å². The minimum atomic E-state index is -0.322. The fraction of sp³-hybridized carbons (Fsp3) is 0.308. The van der Waals surface area contributed by atoms with Gasteiger partial charge in [0.2, 0.25) is 5.24 Å². The normalized spacial score (nSPS) is 10.8. The second kappa shape index (κ2) is 15.0. The molecule has 0 rings (SSSR count). The zero-order valence-corrected chi connectivity index (χ0v) is 13.8. The van der Waals surface area contributed by atoms with Crippen LogP contribution in [0.4, 0.5) is 0 Å². The van der Waals surface area contributed by atoms with Crippen LogP contribution in [0, 0.1) is 0 Å². The van der Waals surface area contributed by atoms with Crippen molar-refractivity contribution in [2.75, 3.05) is 11.5 Å². The largest absolute Gasteiger partial charge is 0.280 e. The molecule has 0 fully saturated rings. The van der Waals surface area contributed by atoms with E-state index in [0.29, 0.717) is 5.75 Å². The monoisotopic (exact) mass is 322 g/mol. The van der Waals surface area contributed by atoms with Crippen LogP contribution in [0.25, 0.3) is 0 Å². The van der Waals surface area contributed by atoms with Gasteiger partial charge < -0.3 is 0 Å². The van der Waals surface area contributed by atoms with Gasteiger partial charge in [-0.1, -0.05) is 37.8 Å². The highest BCUT2D eigenvalue weighted by molar-refractivity contribution is 8.00. The summed E-state index contributed by atoms with van der Waals surface area (Å²) in [5.41, 5.74) is 2.12. The molecule has 0 saturated carbocycles. The number of rotatable bonds is 7. The van der Waals surface area contributed by atoms with Crippen molar-refractivity contribution < 1.29 is 4.79 Å². The van der Waals surface area contributed by atoms with E-state index < -0.39 is 0 Å². The van der Waals surface area contributed by atoms with E-state index in [9.17, 15) is 4.79 Å². The highest BCUT2D eigenvalue weighted by Gasteiger charge is 1.96. The predicted molar refractivity (Wildman–Crippen MR) is 93.0 cm³/mol. The lowest BCUT2D eigenvalue weighted by molar-refractivity contribution is -0.109. The summed E-state index contributed by atoms with van der Waals surface area (Å²) in [6.45, 7) is 9.37. The topological polar surface area (TPSA) is 17.1 Å². The third-order valence-electron chi connectivity index (χ3n) is 1.68. The van der Waals surface area contributed by atoms with E-state index in [2.05, 4.69) is 45.3 Å². The molecule has 0 atom stereocenters. The summed E-state index contributed by atoms with van der Waals surface area (Å²) in [7, 11) is 0. The van der Waals surface area contributed by atoms with Crippen molar-refractivity contribution in [1.29, 1.82) is 0 Å². The van der Waals surface area contributed by atoms with E-state index in [1.165, 1.54) is 11.8 Å². The van der Waals surface area contributed by atoms with Crippen LogP contribution >= 0.6 is 48.6 Å². The molecule has 0 aromatic rings. The van der Waals surface area contributed by atoms with E-state index in [4.69, 9.17) is 11.6 Å². The highest BCUT2D eigenvalue weighted by Crippen LogP contribution is 2.10. The molecule has 0 aliphatic carbocycles. The first-order chi connectivity index (χ1) is 8.51. The molecule has 0 amide bonds. The van der Waals surface area contributed by atoms with Gasteiger partial charge in [-0.05, 0) is 34.4 Å². The minimum Gasteiger partial charge on any atom is -0.280 e. The summed E-state index contributed by atoms with van der Waals surface area (Å²) >= 11 is 14.4. The Balaban J connectivity index is 0. The fourth-order valence-corrected chi connectivity index (χ4v) is 2.08. The van der Waals surface area contributed by atoms with Crippen molar-refractivity contribution in [1.82, 2.24) is 0 Å². The van der Waals surface area contributed by atoms with Gasteiger partial charge in [-0.25, -0.2) is 0 Å². The first-order valence-electron chi connectivity index (χ1n) is 5.22. The summed E-state index contributed by atoms with van der Waals surface area (Å²) in [5.74, 6) is 1.06. The Morgan fingerprint density at radius 3 is 2.28 bits per heavy atom. The van der Waals surface area contributed by atoms with E-state index in [-0.39, 0.29) is 5.24 Å². The van der Waals surface area contributed by atoms with Crippen LogP contribution in [0.5, 0.6) is 0 Å². The standard InChI is InChI=1S/C7H9ClOS2.C6H10S/c1-2-6(3-10)4-11-5-7(8)9;1-3-6(2)4-5-7/h2-3,10H,1,4-5H2;4-5,7H,2-3H2,1H3/b6-3+;5-4-. The molecular formula is C13H19ClOS3. The second-order valence-electron chi connectivity index (χ2n) is 3.08. The third-order valence-corrected chi connectivity index (χ3v) is 3.45. The maximum absolute atomic E-state index is 10.3. The van der Waals surface area contributed by atoms with Gasteiger partial charge in [-0.2, -0.15) is 25.3 Å². The van der Waals surface area contributed by atoms with Gasteiger partial charge in [0.15, 0.2) is 0 Å². The second-order valence-corrected chi connectivity index (χ2v) is 5.05. The van der Waals surface area contributed by atoms with Crippen molar-refractivity contribution in [3.63, 3.8) is 0 Å². The van der Waals surface area contributed by atoms with Gasteiger partial charge in [0, 0.05) is 5.75 Å². The summed E-state index contributed by atoms with van der Waals surface area (Å²) in [6.07, 6.45) is 4.61. The van der Waals surface area contributed by atoms with Crippen molar-refractivity contribution >= 4 is 53.9 Å². The van der Waals surface area contributed by atoms with Crippen LogP contribution in [0.3, 0.4) is 0 Å². The Kier molecular flexibility index (Phi) is 16.9. The summed E-state index contributed by atoms with van der Waals surface area (Å²) < 4.78 is 0. The van der Waals surface area contributed by atoms with Crippen LogP contribution in [-0.4, -0.2) is 16.7 Å². The molecule has 0 aliphatic rings. The summed E-state index contributed by atoms with van der Waals surface area (Å²) in [5, 5.41) is 3.04. The Labute approximate surface area is 130 Å². The number of thiol groups is 2. The molecule has 0 heterocycles. The number of carbonyl (C=O) groups excluding carboxylic acids is 1. The third kappa shape index (κ3) is 16.0. The smallest absolute Gasteiger partial charge is 0.231 e. The zero-order chi connectivity index (χ0) is 14.4. The lowest BCUT2D eigenvalue weighted by Gasteiger charge is -1.97. The maximum Gasteiger partial charge on any atom is 0.231 e. The molecule has 102 valence electrons. The van der Waals surface area contributed by atoms with Gasteiger partial charge >= 0.3 is 0 Å². The van der Waals surface area contributed by atoms with E-state index in [1.54, 1.807) is 16.9 Å². The van der Waals surface area contributed by atoms with Crippen LogP contribution < -0.4 is 0 Å². The lowest BCUT2D eigenvalue weighted by Crippen LogP contribution is -1.92.